The van der Waals surface area contributed by atoms with Gasteiger partial charge in [-0.1, -0.05) is 0 Å². The van der Waals surface area contributed by atoms with Crippen LogP contribution >= 0.6 is 0 Å². The molecule has 1 fully saturated rings. The number of ether oxygens (including phenoxy) is 1. The highest BCUT2D eigenvalue weighted by molar-refractivity contribution is 5.98. The van der Waals surface area contributed by atoms with Crippen LogP contribution in [0.25, 0.3) is 0 Å². The average Bonchev–Trinajstić information content (AvgIpc) is 2.32. The SMILES string of the molecule is CC1CN(c2ncc(N)cc2C(N)=O)C(C)CO1. The summed E-state index contributed by atoms with van der Waals surface area (Å²) in [6, 6.07) is 1.72. The molecule has 98 valence electrons. The molecule has 6 nitrogen and oxygen atoms in total. The van der Waals surface area contributed by atoms with Crippen LogP contribution in [0.1, 0.15) is 24.2 Å². The van der Waals surface area contributed by atoms with Gasteiger partial charge in [-0.05, 0) is 19.9 Å². The molecule has 1 aromatic rings. The van der Waals surface area contributed by atoms with Crippen LogP contribution in [0.4, 0.5) is 11.5 Å². The van der Waals surface area contributed by atoms with E-state index in [9.17, 15) is 4.79 Å². The first-order chi connectivity index (χ1) is 8.49. The summed E-state index contributed by atoms with van der Waals surface area (Å²) in [5, 5.41) is 0. The summed E-state index contributed by atoms with van der Waals surface area (Å²) in [6.07, 6.45) is 1.63. The zero-order valence-corrected chi connectivity index (χ0v) is 10.6. The molecule has 1 amide bonds. The maximum Gasteiger partial charge on any atom is 0.252 e. The number of primary amides is 1. The fraction of sp³-hybridized carbons (Fsp3) is 0.500. The molecule has 0 radical (unpaired) electrons. The monoisotopic (exact) mass is 250 g/mol. The lowest BCUT2D eigenvalue weighted by molar-refractivity contribution is 0.0339. The summed E-state index contributed by atoms with van der Waals surface area (Å²) >= 11 is 0. The molecule has 1 aliphatic rings. The van der Waals surface area contributed by atoms with Gasteiger partial charge in [0, 0.05) is 6.54 Å². The Hall–Kier alpha value is -1.82. The smallest absolute Gasteiger partial charge is 0.252 e. The highest BCUT2D eigenvalue weighted by Gasteiger charge is 2.27. The molecule has 4 N–H and O–H groups in total. The molecule has 0 bridgehead atoms. The summed E-state index contributed by atoms with van der Waals surface area (Å²) in [5.41, 5.74) is 11.8. The number of anilines is 2. The fourth-order valence-electron chi connectivity index (χ4n) is 2.08. The highest BCUT2D eigenvalue weighted by Crippen LogP contribution is 2.24. The van der Waals surface area contributed by atoms with Crippen LogP contribution in [-0.2, 0) is 4.74 Å². The van der Waals surface area contributed by atoms with Crippen molar-refractivity contribution in [3.05, 3.63) is 17.8 Å². The first-order valence-corrected chi connectivity index (χ1v) is 5.92. The maximum atomic E-state index is 11.5. The van der Waals surface area contributed by atoms with Crippen LogP contribution in [0.5, 0.6) is 0 Å². The van der Waals surface area contributed by atoms with E-state index in [-0.39, 0.29) is 12.1 Å². The van der Waals surface area contributed by atoms with Gasteiger partial charge in [0.2, 0.25) is 0 Å². The number of nitrogen functional groups attached to an aromatic ring is 1. The second kappa shape index (κ2) is 4.81. The topological polar surface area (TPSA) is 94.5 Å². The van der Waals surface area contributed by atoms with E-state index < -0.39 is 5.91 Å². The minimum absolute atomic E-state index is 0.0984. The fourth-order valence-corrected chi connectivity index (χ4v) is 2.08. The predicted octanol–water partition coefficient (Wildman–Crippen LogP) is 0.376. The number of carbonyl (C=O) groups excluding carboxylic acids is 1. The van der Waals surface area contributed by atoms with Crippen molar-refractivity contribution in [3.63, 3.8) is 0 Å². The molecule has 2 rings (SSSR count). The molecule has 2 atom stereocenters. The first-order valence-electron chi connectivity index (χ1n) is 5.92. The Balaban J connectivity index is 2.40. The van der Waals surface area contributed by atoms with Crippen LogP contribution < -0.4 is 16.4 Å². The van der Waals surface area contributed by atoms with Crippen LogP contribution in [0, 0.1) is 0 Å². The van der Waals surface area contributed by atoms with E-state index in [1.807, 2.05) is 18.7 Å². The van der Waals surface area contributed by atoms with Crippen molar-refractivity contribution in [1.82, 2.24) is 4.98 Å². The van der Waals surface area contributed by atoms with Gasteiger partial charge < -0.3 is 21.1 Å². The number of hydrogen-bond donors (Lipinski definition) is 2. The lowest BCUT2D eigenvalue weighted by Gasteiger charge is -2.38. The van der Waals surface area contributed by atoms with Gasteiger partial charge in [-0.3, -0.25) is 4.79 Å². The molecule has 6 heteroatoms. The second-order valence-electron chi connectivity index (χ2n) is 4.65. The zero-order chi connectivity index (χ0) is 13.3. The number of rotatable bonds is 2. The van der Waals surface area contributed by atoms with E-state index in [1.165, 1.54) is 6.20 Å². The number of nitrogens with zero attached hydrogens (tertiary/aromatic N) is 2. The summed E-state index contributed by atoms with van der Waals surface area (Å²) < 4.78 is 5.56. The minimum Gasteiger partial charge on any atom is -0.397 e. The average molecular weight is 250 g/mol. The molecule has 0 saturated carbocycles. The molecule has 0 aromatic carbocycles. The van der Waals surface area contributed by atoms with E-state index in [2.05, 4.69) is 4.98 Å². The molecule has 0 aliphatic carbocycles. The summed E-state index contributed by atoms with van der Waals surface area (Å²) in [6.45, 7) is 5.29. The molecule has 1 aromatic heterocycles. The van der Waals surface area contributed by atoms with Crippen LogP contribution in [0.15, 0.2) is 12.3 Å². The van der Waals surface area contributed by atoms with Gasteiger partial charge in [0.15, 0.2) is 0 Å². The third-order valence-corrected chi connectivity index (χ3v) is 3.03. The number of nitrogens with two attached hydrogens (primary N) is 2. The Morgan fingerprint density at radius 2 is 2.28 bits per heavy atom. The highest BCUT2D eigenvalue weighted by atomic mass is 16.5. The van der Waals surface area contributed by atoms with Crippen molar-refractivity contribution in [2.24, 2.45) is 5.73 Å². The van der Waals surface area contributed by atoms with E-state index in [1.54, 1.807) is 6.07 Å². The van der Waals surface area contributed by atoms with Crippen LogP contribution in [-0.4, -0.2) is 36.2 Å². The molecule has 1 aliphatic heterocycles. The van der Waals surface area contributed by atoms with Crippen LogP contribution in [0.3, 0.4) is 0 Å². The van der Waals surface area contributed by atoms with E-state index in [0.29, 0.717) is 30.2 Å². The minimum atomic E-state index is -0.517. The van der Waals surface area contributed by atoms with Crippen LogP contribution in [0.2, 0.25) is 0 Å². The van der Waals surface area contributed by atoms with E-state index in [4.69, 9.17) is 16.2 Å². The van der Waals surface area contributed by atoms with Crippen molar-refractivity contribution in [3.8, 4) is 0 Å². The summed E-state index contributed by atoms with van der Waals surface area (Å²) in [7, 11) is 0. The third-order valence-electron chi connectivity index (χ3n) is 3.03. The molecule has 0 spiro atoms. The molecule has 1 saturated heterocycles. The number of hydrogen-bond acceptors (Lipinski definition) is 5. The Labute approximate surface area is 106 Å². The largest absolute Gasteiger partial charge is 0.397 e. The number of aromatic nitrogens is 1. The lowest BCUT2D eigenvalue weighted by atomic mass is 10.1. The second-order valence-corrected chi connectivity index (χ2v) is 4.65. The van der Waals surface area contributed by atoms with Crippen molar-refractivity contribution in [2.75, 3.05) is 23.8 Å². The van der Waals surface area contributed by atoms with Gasteiger partial charge in [-0.2, -0.15) is 0 Å². The number of amides is 1. The summed E-state index contributed by atoms with van der Waals surface area (Å²) in [4.78, 5) is 17.8. The molecular weight excluding hydrogens is 232 g/mol. The van der Waals surface area contributed by atoms with Crippen molar-refractivity contribution < 1.29 is 9.53 Å². The number of pyridine rings is 1. The molecule has 18 heavy (non-hydrogen) atoms. The standard InChI is InChI=1S/C12H18N4O2/c1-7-6-18-8(2)5-16(7)12-10(11(14)17)3-9(13)4-15-12/h3-4,7-8H,5-6,13H2,1-2H3,(H2,14,17). The molecular formula is C12H18N4O2. The van der Waals surface area contributed by atoms with Crippen molar-refractivity contribution in [2.45, 2.75) is 26.0 Å². The predicted molar refractivity (Wildman–Crippen MR) is 69.4 cm³/mol. The maximum absolute atomic E-state index is 11.5. The van der Waals surface area contributed by atoms with Gasteiger partial charge in [-0.25, -0.2) is 4.98 Å². The Kier molecular flexibility index (Phi) is 3.38. The Morgan fingerprint density at radius 1 is 1.56 bits per heavy atom. The number of carbonyl (C=O) groups is 1. The zero-order valence-electron chi connectivity index (χ0n) is 10.6. The van der Waals surface area contributed by atoms with Gasteiger partial charge >= 0.3 is 0 Å². The van der Waals surface area contributed by atoms with Gasteiger partial charge in [0.25, 0.3) is 5.91 Å². The number of morpholine rings is 1. The summed E-state index contributed by atoms with van der Waals surface area (Å²) in [5.74, 6) is 0.0653. The van der Waals surface area contributed by atoms with Gasteiger partial charge in [-0.15, -0.1) is 0 Å². The lowest BCUT2D eigenvalue weighted by Crippen LogP contribution is -2.48. The Bertz CT molecular complexity index is 463. The van der Waals surface area contributed by atoms with E-state index in [0.717, 1.165) is 0 Å². The quantitative estimate of drug-likeness (QED) is 0.791. The normalized spacial score (nSPS) is 24.0. The third kappa shape index (κ3) is 2.38. The van der Waals surface area contributed by atoms with Gasteiger partial charge in [0.05, 0.1) is 36.2 Å². The van der Waals surface area contributed by atoms with Crippen molar-refractivity contribution >= 4 is 17.4 Å². The molecule has 2 unspecified atom stereocenters. The van der Waals surface area contributed by atoms with Gasteiger partial charge in [0.1, 0.15) is 5.82 Å². The van der Waals surface area contributed by atoms with Crippen molar-refractivity contribution in [1.29, 1.82) is 0 Å². The Morgan fingerprint density at radius 3 is 2.94 bits per heavy atom. The molecule has 2 heterocycles. The van der Waals surface area contributed by atoms with E-state index >= 15 is 0 Å². The first kappa shape index (κ1) is 12.6.